The Bertz CT molecular complexity index is 552. The first-order valence-electron chi connectivity index (χ1n) is 5.49. The number of hydrogen-bond donors (Lipinski definition) is 1. The quantitative estimate of drug-likeness (QED) is 0.864. The highest BCUT2D eigenvalue weighted by atomic mass is 19.1. The molecule has 0 aliphatic carbocycles. The Labute approximate surface area is 99.5 Å². The van der Waals surface area contributed by atoms with Crippen molar-refractivity contribution in [1.82, 2.24) is 9.97 Å². The van der Waals surface area contributed by atoms with E-state index in [1.165, 1.54) is 12.4 Å². The summed E-state index contributed by atoms with van der Waals surface area (Å²) in [7, 11) is 0. The zero-order valence-corrected chi connectivity index (χ0v) is 9.87. The first-order chi connectivity index (χ1) is 8.13. The fourth-order valence-electron chi connectivity index (χ4n) is 1.76. The van der Waals surface area contributed by atoms with Gasteiger partial charge >= 0.3 is 0 Å². The second kappa shape index (κ2) is 4.49. The molecule has 1 aromatic heterocycles. The zero-order chi connectivity index (χ0) is 12.4. The molecule has 3 nitrogen and oxygen atoms in total. The van der Waals surface area contributed by atoms with Crippen molar-refractivity contribution < 1.29 is 4.39 Å². The van der Waals surface area contributed by atoms with Gasteiger partial charge in [0.05, 0.1) is 5.69 Å². The van der Waals surface area contributed by atoms with Gasteiger partial charge in [-0.15, -0.1) is 0 Å². The van der Waals surface area contributed by atoms with Crippen molar-refractivity contribution in [3.05, 3.63) is 41.5 Å². The minimum absolute atomic E-state index is 0.235. The van der Waals surface area contributed by atoms with Gasteiger partial charge < -0.3 is 5.73 Å². The van der Waals surface area contributed by atoms with E-state index < -0.39 is 0 Å². The highest BCUT2D eigenvalue weighted by molar-refractivity contribution is 5.67. The number of nitrogens with two attached hydrogens (primary N) is 1. The molecule has 88 valence electrons. The number of hydrogen-bond acceptors (Lipinski definition) is 3. The maximum Gasteiger partial charge on any atom is 0.130 e. The van der Waals surface area contributed by atoms with E-state index >= 15 is 0 Å². The second-order valence-electron chi connectivity index (χ2n) is 3.90. The average molecular weight is 231 g/mol. The van der Waals surface area contributed by atoms with Crippen molar-refractivity contribution in [2.75, 3.05) is 5.73 Å². The smallest absolute Gasteiger partial charge is 0.130 e. The minimum Gasteiger partial charge on any atom is -0.383 e. The maximum atomic E-state index is 13.5. The van der Waals surface area contributed by atoms with Gasteiger partial charge in [-0.05, 0) is 25.0 Å². The van der Waals surface area contributed by atoms with E-state index in [0.717, 1.165) is 17.5 Å². The van der Waals surface area contributed by atoms with E-state index in [-0.39, 0.29) is 5.82 Å². The normalized spacial score (nSPS) is 10.5. The molecule has 0 spiro atoms. The van der Waals surface area contributed by atoms with Gasteiger partial charge in [0.25, 0.3) is 0 Å². The standard InChI is InChI=1S/C13H14FN3/c1-3-10-12(16-7-17-13(10)15)9-5-4-8(2)11(14)6-9/h4-7H,3H2,1-2H3,(H2,15,16,17). The summed E-state index contributed by atoms with van der Waals surface area (Å²) in [4.78, 5) is 8.14. The number of rotatable bonds is 2. The molecule has 0 aliphatic heterocycles. The van der Waals surface area contributed by atoms with Gasteiger partial charge in [0, 0.05) is 11.1 Å². The van der Waals surface area contributed by atoms with Gasteiger partial charge in [0.2, 0.25) is 0 Å². The molecule has 2 N–H and O–H groups in total. The van der Waals surface area contributed by atoms with E-state index in [1.54, 1.807) is 13.0 Å². The molecule has 0 bridgehead atoms. The lowest BCUT2D eigenvalue weighted by molar-refractivity contribution is 0.619. The lowest BCUT2D eigenvalue weighted by atomic mass is 10.0. The molecule has 0 unspecified atom stereocenters. The summed E-state index contributed by atoms with van der Waals surface area (Å²) in [6.07, 6.45) is 2.12. The van der Waals surface area contributed by atoms with Crippen LogP contribution in [0.3, 0.4) is 0 Å². The van der Waals surface area contributed by atoms with Gasteiger partial charge in [-0.1, -0.05) is 19.1 Å². The molecule has 0 saturated heterocycles. The van der Waals surface area contributed by atoms with Crippen LogP contribution in [-0.4, -0.2) is 9.97 Å². The SMILES string of the molecule is CCc1c(N)ncnc1-c1ccc(C)c(F)c1. The van der Waals surface area contributed by atoms with Gasteiger partial charge in [-0.25, -0.2) is 14.4 Å². The van der Waals surface area contributed by atoms with Gasteiger partial charge in [0.15, 0.2) is 0 Å². The van der Waals surface area contributed by atoms with Crippen LogP contribution in [0.5, 0.6) is 0 Å². The first kappa shape index (κ1) is 11.5. The molecular weight excluding hydrogens is 217 g/mol. The summed E-state index contributed by atoms with van der Waals surface area (Å²) in [5, 5.41) is 0. The van der Waals surface area contributed by atoms with Crippen molar-refractivity contribution in [3.63, 3.8) is 0 Å². The van der Waals surface area contributed by atoms with Crippen LogP contribution < -0.4 is 5.73 Å². The molecule has 4 heteroatoms. The van der Waals surface area contributed by atoms with Gasteiger partial charge in [0.1, 0.15) is 18.0 Å². The van der Waals surface area contributed by atoms with Crippen LogP contribution >= 0.6 is 0 Å². The van der Waals surface area contributed by atoms with Crippen LogP contribution in [0.1, 0.15) is 18.1 Å². The predicted molar refractivity (Wildman–Crippen MR) is 66.0 cm³/mol. The van der Waals surface area contributed by atoms with Crippen molar-refractivity contribution in [1.29, 1.82) is 0 Å². The number of benzene rings is 1. The minimum atomic E-state index is -0.235. The van der Waals surface area contributed by atoms with E-state index in [4.69, 9.17) is 5.73 Å². The Hall–Kier alpha value is -1.97. The maximum absolute atomic E-state index is 13.5. The summed E-state index contributed by atoms with van der Waals surface area (Å²) in [6, 6.07) is 5.07. The van der Waals surface area contributed by atoms with Crippen molar-refractivity contribution >= 4 is 5.82 Å². The van der Waals surface area contributed by atoms with E-state index in [1.807, 2.05) is 13.0 Å². The Kier molecular flexibility index (Phi) is 3.04. The van der Waals surface area contributed by atoms with Crippen LogP contribution in [0.2, 0.25) is 0 Å². The first-order valence-corrected chi connectivity index (χ1v) is 5.49. The molecule has 0 atom stereocenters. The summed E-state index contributed by atoms with van der Waals surface area (Å²) in [6.45, 7) is 3.71. The Balaban J connectivity index is 2.60. The number of nitrogens with zero attached hydrogens (tertiary/aromatic N) is 2. The lowest BCUT2D eigenvalue weighted by Gasteiger charge is -2.09. The number of nitrogen functional groups attached to an aromatic ring is 1. The largest absolute Gasteiger partial charge is 0.383 e. The van der Waals surface area contributed by atoms with Crippen LogP contribution in [0.25, 0.3) is 11.3 Å². The number of aryl methyl sites for hydroxylation is 1. The average Bonchev–Trinajstić information content (AvgIpc) is 2.32. The third-order valence-corrected chi connectivity index (χ3v) is 2.78. The molecule has 0 amide bonds. The topological polar surface area (TPSA) is 51.8 Å². The molecule has 0 aliphatic rings. The molecule has 17 heavy (non-hydrogen) atoms. The summed E-state index contributed by atoms with van der Waals surface area (Å²) in [5.41, 5.74) is 8.71. The van der Waals surface area contributed by atoms with Gasteiger partial charge in [-0.2, -0.15) is 0 Å². The van der Waals surface area contributed by atoms with Crippen molar-refractivity contribution in [3.8, 4) is 11.3 Å². The molecular formula is C13H14FN3. The monoisotopic (exact) mass is 231 g/mol. The molecule has 0 fully saturated rings. The predicted octanol–water partition coefficient (Wildman–Crippen LogP) is 2.74. The molecule has 1 heterocycles. The number of halogens is 1. The fraction of sp³-hybridized carbons (Fsp3) is 0.231. The van der Waals surface area contributed by atoms with Crippen LogP contribution in [0.4, 0.5) is 10.2 Å². The molecule has 2 rings (SSSR count). The molecule has 1 aromatic carbocycles. The summed E-state index contributed by atoms with van der Waals surface area (Å²) < 4.78 is 13.5. The summed E-state index contributed by atoms with van der Waals surface area (Å²) >= 11 is 0. The van der Waals surface area contributed by atoms with Crippen LogP contribution in [-0.2, 0) is 6.42 Å². The number of anilines is 1. The zero-order valence-electron chi connectivity index (χ0n) is 9.87. The highest BCUT2D eigenvalue weighted by Gasteiger charge is 2.10. The van der Waals surface area contributed by atoms with Crippen LogP contribution in [0.15, 0.2) is 24.5 Å². The third-order valence-electron chi connectivity index (χ3n) is 2.78. The van der Waals surface area contributed by atoms with Crippen molar-refractivity contribution in [2.24, 2.45) is 0 Å². The lowest BCUT2D eigenvalue weighted by Crippen LogP contribution is -2.01. The third kappa shape index (κ3) is 2.11. The number of aromatic nitrogens is 2. The van der Waals surface area contributed by atoms with Crippen molar-refractivity contribution in [2.45, 2.75) is 20.3 Å². The highest BCUT2D eigenvalue weighted by Crippen LogP contribution is 2.25. The van der Waals surface area contributed by atoms with E-state index in [9.17, 15) is 4.39 Å². The Morgan fingerprint density at radius 2 is 2.06 bits per heavy atom. The van der Waals surface area contributed by atoms with Crippen LogP contribution in [0, 0.1) is 12.7 Å². The molecule has 2 aromatic rings. The summed E-state index contributed by atoms with van der Waals surface area (Å²) in [5.74, 6) is 0.222. The van der Waals surface area contributed by atoms with E-state index in [0.29, 0.717) is 17.1 Å². The molecule has 0 saturated carbocycles. The van der Waals surface area contributed by atoms with E-state index in [2.05, 4.69) is 9.97 Å². The Morgan fingerprint density at radius 3 is 2.71 bits per heavy atom. The Morgan fingerprint density at radius 1 is 1.29 bits per heavy atom. The molecule has 0 radical (unpaired) electrons. The second-order valence-corrected chi connectivity index (χ2v) is 3.90. The fourth-order valence-corrected chi connectivity index (χ4v) is 1.76. The van der Waals surface area contributed by atoms with Gasteiger partial charge in [-0.3, -0.25) is 0 Å².